The van der Waals surface area contributed by atoms with Gasteiger partial charge in [-0.25, -0.2) is 8.42 Å². The summed E-state index contributed by atoms with van der Waals surface area (Å²) in [6, 6.07) is 0. The predicted octanol–water partition coefficient (Wildman–Crippen LogP) is 2.18. The molecular formula is C10H2F19LiO3S. The van der Waals surface area contributed by atoms with Gasteiger partial charge in [0.2, 0.25) is 0 Å². The number of halogens is 19. The summed E-state index contributed by atoms with van der Waals surface area (Å²) in [4.78, 5) is 0. The van der Waals surface area contributed by atoms with Crippen LogP contribution in [0.1, 0.15) is 0 Å². The Bertz CT molecular complexity index is 845. The molecule has 0 N–H and O–H groups in total. The fourth-order valence-electron chi connectivity index (χ4n) is 1.71. The van der Waals surface area contributed by atoms with Gasteiger partial charge in [-0.05, 0) is 0 Å². The van der Waals surface area contributed by atoms with Gasteiger partial charge in [-0.3, -0.25) is 0 Å². The van der Waals surface area contributed by atoms with E-state index >= 15 is 0 Å². The molecule has 24 heteroatoms. The van der Waals surface area contributed by atoms with Crippen LogP contribution in [0.5, 0.6) is 0 Å². The van der Waals surface area contributed by atoms with Crippen LogP contribution < -0.4 is 18.9 Å². The molecule has 0 fully saturated rings. The van der Waals surface area contributed by atoms with Crippen molar-refractivity contribution in [2.24, 2.45) is 0 Å². The summed E-state index contributed by atoms with van der Waals surface area (Å²) in [5, 5.41) is 0. The molecule has 0 aromatic carbocycles. The first-order valence-electron chi connectivity index (χ1n) is 6.73. The molecule has 0 aliphatic rings. The van der Waals surface area contributed by atoms with Crippen LogP contribution in [0, 0.1) is 0 Å². The van der Waals surface area contributed by atoms with Gasteiger partial charge in [0.15, 0.2) is 0 Å². The quantitative estimate of drug-likeness (QED) is 0.243. The molecule has 0 heterocycles. The standard InChI is InChI=1S/C10H3F19O3S.Li/c11-2(12,1-33(30,31)32)3(13,14)4(15,16)5(17,18)6(19,20)7(21,22)8(23,24)9(25,26)10(27,28)29;/h1H2,(H,30,31,32);/q;+1/p-1. The zero-order valence-electron chi connectivity index (χ0n) is 15.0. The molecule has 0 saturated heterocycles. The molecule has 0 aromatic rings. The van der Waals surface area contributed by atoms with E-state index in [1.54, 1.807) is 0 Å². The summed E-state index contributed by atoms with van der Waals surface area (Å²) in [5.41, 5.74) is 0. The Kier molecular flexibility index (Phi) is 8.98. The summed E-state index contributed by atoms with van der Waals surface area (Å²) in [5.74, 6) is -73.0. The van der Waals surface area contributed by atoms with Crippen molar-refractivity contribution < 1.29 is 115 Å². The van der Waals surface area contributed by atoms with Crippen LogP contribution in [0.3, 0.4) is 0 Å². The molecule has 0 aliphatic heterocycles. The molecule has 0 radical (unpaired) electrons. The number of alkyl halides is 19. The minimum Gasteiger partial charge on any atom is -0.748 e. The Hall–Kier alpha value is -0.823. The molecule has 0 rings (SSSR count). The summed E-state index contributed by atoms with van der Waals surface area (Å²) < 4.78 is 274. The molecule has 0 spiro atoms. The molecular weight excluding hydrogens is 568 g/mol. The average Bonchev–Trinajstić information content (AvgIpc) is 2.49. The topological polar surface area (TPSA) is 57.2 Å². The number of hydrogen-bond donors (Lipinski definition) is 0. The molecule has 0 amide bonds. The van der Waals surface area contributed by atoms with E-state index in [4.69, 9.17) is 0 Å². The first kappa shape index (κ1) is 35.3. The third-order valence-corrected chi connectivity index (χ3v) is 4.26. The predicted molar refractivity (Wildman–Crippen MR) is 60.2 cm³/mol. The van der Waals surface area contributed by atoms with Crippen molar-refractivity contribution in [2.75, 3.05) is 5.75 Å². The van der Waals surface area contributed by atoms with Crippen molar-refractivity contribution in [3.63, 3.8) is 0 Å². The van der Waals surface area contributed by atoms with E-state index in [0.29, 0.717) is 0 Å². The minimum absolute atomic E-state index is 0. The summed E-state index contributed by atoms with van der Waals surface area (Å²) in [7, 11) is -6.83. The zero-order valence-corrected chi connectivity index (χ0v) is 15.8. The fourth-order valence-corrected chi connectivity index (χ4v) is 2.33. The van der Waals surface area contributed by atoms with Crippen molar-refractivity contribution in [2.45, 2.75) is 53.6 Å². The van der Waals surface area contributed by atoms with Crippen molar-refractivity contribution in [1.82, 2.24) is 0 Å². The second kappa shape index (κ2) is 8.64. The first-order valence-corrected chi connectivity index (χ1v) is 8.31. The molecule has 0 aliphatic carbocycles. The van der Waals surface area contributed by atoms with Gasteiger partial charge >= 0.3 is 72.4 Å². The monoisotopic (exact) mass is 570 g/mol. The van der Waals surface area contributed by atoms with Crippen LogP contribution in [0.25, 0.3) is 0 Å². The van der Waals surface area contributed by atoms with E-state index in [1.807, 2.05) is 0 Å². The molecule has 0 atom stereocenters. The van der Waals surface area contributed by atoms with Crippen LogP contribution in [-0.4, -0.2) is 72.3 Å². The van der Waals surface area contributed by atoms with Gasteiger partial charge in [0, 0.05) is 0 Å². The van der Waals surface area contributed by atoms with Gasteiger partial charge < -0.3 is 4.55 Å². The van der Waals surface area contributed by atoms with E-state index in [1.165, 1.54) is 0 Å². The molecule has 3 nitrogen and oxygen atoms in total. The van der Waals surface area contributed by atoms with Crippen molar-refractivity contribution >= 4 is 10.1 Å². The molecule has 0 saturated carbocycles. The third-order valence-electron chi connectivity index (χ3n) is 3.54. The fraction of sp³-hybridized carbons (Fsp3) is 1.00. The van der Waals surface area contributed by atoms with Gasteiger partial charge in [-0.15, -0.1) is 0 Å². The van der Waals surface area contributed by atoms with Crippen molar-refractivity contribution in [1.29, 1.82) is 0 Å². The normalized spacial score (nSPS) is 16.4. The molecule has 0 aromatic heterocycles. The zero-order chi connectivity index (χ0) is 27.7. The van der Waals surface area contributed by atoms with Crippen LogP contribution in [0.15, 0.2) is 0 Å². The first-order chi connectivity index (χ1) is 13.7. The summed E-state index contributed by atoms with van der Waals surface area (Å²) >= 11 is 0. The van der Waals surface area contributed by atoms with Crippen LogP contribution in [-0.2, 0) is 10.1 Å². The van der Waals surface area contributed by atoms with E-state index in [9.17, 15) is 96.4 Å². The molecule has 34 heavy (non-hydrogen) atoms. The van der Waals surface area contributed by atoms with Gasteiger partial charge in [-0.1, -0.05) is 0 Å². The second-order valence-electron chi connectivity index (χ2n) is 5.92. The molecule has 200 valence electrons. The smallest absolute Gasteiger partial charge is 0.748 e. The third kappa shape index (κ3) is 4.77. The van der Waals surface area contributed by atoms with E-state index < -0.39 is 69.4 Å². The Labute approximate surface area is 185 Å². The van der Waals surface area contributed by atoms with E-state index in [2.05, 4.69) is 0 Å². The van der Waals surface area contributed by atoms with Crippen molar-refractivity contribution in [3.8, 4) is 0 Å². The second-order valence-corrected chi connectivity index (χ2v) is 7.33. The Morgan fingerprint density at radius 2 is 0.647 bits per heavy atom. The largest absolute Gasteiger partial charge is 1.00 e. The molecule has 0 bridgehead atoms. The van der Waals surface area contributed by atoms with Crippen LogP contribution >= 0.6 is 0 Å². The Balaban J connectivity index is 0. The summed E-state index contributed by atoms with van der Waals surface area (Å²) in [6.45, 7) is 0. The Morgan fingerprint density at radius 3 is 0.853 bits per heavy atom. The van der Waals surface area contributed by atoms with Crippen molar-refractivity contribution in [3.05, 3.63) is 0 Å². The van der Waals surface area contributed by atoms with Gasteiger partial charge in [0.1, 0.15) is 15.9 Å². The van der Waals surface area contributed by atoms with Crippen LogP contribution in [0.4, 0.5) is 83.4 Å². The number of rotatable bonds is 9. The summed E-state index contributed by atoms with van der Waals surface area (Å²) in [6.07, 6.45) is -7.98. The van der Waals surface area contributed by atoms with Crippen LogP contribution in [0.2, 0.25) is 0 Å². The van der Waals surface area contributed by atoms with Gasteiger partial charge in [0.25, 0.3) is 0 Å². The Morgan fingerprint density at radius 1 is 0.441 bits per heavy atom. The number of hydrogen-bond acceptors (Lipinski definition) is 3. The van der Waals surface area contributed by atoms with E-state index in [-0.39, 0.29) is 18.9 Å². The maximum Gasteiger partial charge on any atom is 1.00 e. The SMILES string of the molecule is O=S(=O)([O-])CC(F)(F)C(F)(F)C(F)(F)C(F)(F)C(F)(F)C(F)(F)C(F)(F)C(F)(F)C(F)(F)F.[Li+]. The minimum atomic E-state index is -9.10. The van der Waals surface area contributed by atoms with Gasteiger partial charge in [-0.2, -0.15) is 83.4 Å². The van der Waals surface area contributed by atoms with E-state index in [0.717, 1.165) is 0 Å². The molecule has 0 unspecified atom stereocenters. The average molecular weight is 570 g/mol. The van der Waals surface area contributed by atoms with Gasteiger partial charge in [0.05, 0.1) is 0 Å². The maximum atomic E-state index is 13.3. The maximum absolute atomic E-state index is 13.3.